The quantitative estimate of drug-likeness (QED) is 0.615. The third-order valence-corrected chi connectivity index (χ3v) is 6.32. The van der Waals surface area contributed by atoms with E-state index in [4.69, 9.17) is 0 Å². The minimum absolute atomic E-state index is 0.141. The van der Waals surface area contributed by atoms with Gasteiger partial charge in [-0.05, 0) is 30.7 Å². The number of carbonyl (C=O) groups is 1. The Morgan fingerprint density at radius 3 is 2.66 bits per heavy atom. The standard InChI is InChI=1S/C20H17F2N5OS/c21-12-5-9-26(11-12)16-2-1-14(18(22)25-16)19-24-15-6-10-27(20(28)17(15)29-19)13-3-7-23-8-4-13/h1-4,7-8,12H,5-6,9-11H2/t12-/m0/s1. The Morgan fingerprint density at radius 2 is 1.93 bits per heavy atom. The summed E-state index contributed by atoms with van der Waals surface area (Å²) in [6, 6.07) is 6.86. The van der Waals surface area contributed by atoms with Gasteiger partial charge in [0.15, 0.2) is 0 Å². The third-order valence-electron chi connectivity index (χ3n) is 5.20. The number of alkyl halides is 1. The highest BCUT2D eigenvalue weighted by Gasteiger charge is 2.30. The van der Waals surface area contributed by atoms with Crippen molar-refractivity contribution in [3.63, 3.8) is 0 Å². The smallest absolute Gasteiger partial charge is 0.270 e. The Labute approximate surface area is 169 Å². The van der Waals surface area contributed by atoms with E-state index in [0.717, 1.165) is 5.69 Å². The predicted molar refractivity (Wildman–Crippen MR) is 107 cm³/mol. The second-order valence-corrected chi connectivity index (χ2v) is 8.05. The van der Waals surface area contributed by atoms with Gasteiger partial charge in [-0.25, -0.2) is 14.4 Å². The number of amides is 1. The number of hydrogen-bond acceptors (Lipinski definition) is 6. The molecule has 5 heterocycles. The number of carbonyl (C=O) groups excluding carboxylic acids is 1. The molecule has 1 amide bonds. The number of nitrogens with zero attached hydrogens (tertiary/aromatic N) is 5. The van der Waals surface area contributed by atoms with E-state index in [1.807, 2.05) is 0 Å². The molecule has 0 saturated carbocycles. The Balaban J connectivity index is 1.43. The van der Waals surface area contributed by atoms with Crippen LogP contribution in [0.2, 0.25) is 0 Å². The Hall–Kier alpha value is -2.94. The minimum Gasteiger partial charge on any atom is -0.353 e. The summed E-state index contributed by atoms with van der Waals surface area (Å²) in [5, 5.41) is 0.432. The summed E-state index contributed by atoms with van der Waals surface area (Å²) in [4.78, 5) is 29.4. The van der Waals surface area contributed by atoms with Crippen molar-refractivity contribution in [2.75, 3.05) is 29.4 Å². The molecule has 5 rings (SSSR count). The molecule has 6 nitrogen and oxygen atoms in total. The van der Waals surface area contributed by atoms with E-state index in [0.29, 0.717) is 47.3 Å². The van der Waals surface area contributed by atoms with Gasteiger partial charge >= 0.3 is 0 Å². The van der Waals surface area contributed by atoms with E-state index < -0.39 is 12.1 Å². The highest BCUT2D eigenvalue weighted by Crippen LogP contribution is 2.35. The van der Waals surface area contributed by atoms with Crippen molar-refractivity contribution in [3.05, 3.63) is 53.2 Å². The first-order chi connectivity index (χ1) is 14.1. The summed E-state index contributed by atoms with van der Waals surface area (Å²) in [6.07, 6.45) is 3.41. The van der Waals surface area contributed by atoms with Crippen molar-refractivity contribution in [3.8, 4) is 10.6 Å². The van der Waals surface area contributed by atoms with Gasteiger partial charge in [0, 0.05) is 37.6 Å². The normalized spacial score (nSPS) is 19.0. The topological polar surface area (TPSA) is 62.2 Å². The molecule has 0 unspecified atom stereocenters. The highest BCUT2D eigenvalue weighted by atomic mass is 32.1. The molecule has 0 aromatic carbocycles. The van der Waals surface area contributed by atoms with E-state index in [-0.39, 0.29) is 18.0 Å². The number of anilines is 2. The average Bonchev–Trinajstić information content (AvgIpc) is 3.36. The molecule has 3 aromatic heterocycles. The predicted octanol–water partition coefficient (Wildman–Crippen LogP) is 3.49. The maximum absolute atomic E-state index is 14.7. The van der Waals surface area contributed by atoms with E-state index in [9.17, 15) is 13.6 Å². The van der Waals surface area contributed by atoms with Gasteiger partial charge in [-0.15, -0.1) is 11.3 Å². The van der Waals surface area contributed by atoms with Crippen LogP contribution < -0.4 is 9.80 Å². The molecule has 9 heteroatoms. The number of pyridine rings is 2. The monoisotopic (exact) mass is 413 g/mol. The summed E-state index contributed by atoms with van der Waals surface area (Å²) >= 11 is 1.18. The zero-order chi connectivity index (χ0) is 20.0. The van der Waals surface area contributed by atoms with Gasteiger partial charge in [0.1, 0.15) is 21.9 Å². The number of fused-ring (bicyclic) bond motifs is 1. The molecule has 2 aliphatic heterocycles. The van der Waals surface area contributed by atoms with Gasteiger partial charge in [0.05, 0.1) is 17.8 Å². The lowest BCUT2D eigenvalue weighted by molar-refractivity contribution is 0.0984. The van der Waals surface area contributed by atoms with Crippen molar-refractivity contribution in [2.45, 2.75) is 19.0 Å². The van der Waals surface area contributed by atoms with Crippen LogP contribution in [0.1, 0.15) is 21.8 Å². The lowest BCUT2D eigenvalue weighted by atomic mass is 10.1. The first kappa shape index (κ1) is 18.1. The van der Waals surface area contributed by atoms with Crippen molar-refractivity contribution in [1.29, 1.82) is 0 Å². The van der Waals surface area contributed by atoms with Crippen molar-refractivity contribution < 1.29 is 13.6 Å². The maximum Gasteiger partial charge on any atom is 0.270 e. The van der Waals surface area contributed by atoms with Crippen LogP contribution in [-0.4, -0.2) is 46.7 Å². The molecule has 0 radical (unpaired) electrons. The highest BCUT2D eigenvalue weighted by molar-refractivity contribution is 7.17. The number of rotatable bonds is 3. The molecule has 0 aliphatic carbocycles. The summed E-state index contributed by atoms with van der Waals surface area (Å²) in [6.45, 7) is 1.27. The summed E-state index contributed by atoms with van der Waals surface area (Å²) in [5.74, 6) is -0.376. The molecule has 2 aliphatic rings. The average molecular weight is 413 g/mol. The fourth-order valence-electron chi connectivity index (χ4n) is 3.70. The van der Waals surface area contributed by atoms with Gasteiger partial charge in [-0.2, -0.15) is 4.39 Å². The fourth-order valence-corrected chi connectivity index (χ4v) is 4.78. The van der Waals surface area contributed by atoms with Crippen molar-refractivity contribution in [2.24, 2.45) is 0 Å². The van der Waals surface area contributed by atoms with Crippen LogP contribution in [0.15, 0.2) is 36.7 Å². The Kier molecular flexibility index (Phi) is 4.46. The van der Waals surface area contributed by atoms with Crippen LogP contribution in [0.4, 0.5) is 20.3 Å². The van der Waals surface area contributed by atoms with Crippen LogP contribution in [0, 0.1) is 5.95 Å². The number of halogens is 2. The van der Waals surface area contributed by atoms with Gasteiger partial charge in [-0.1, -0.05) is 0 Å². The van der Waals surface area contributed by atoms with Crippen LogP contribution in [0.3, 0.4) is 0 Å². The maximum atomic E-state index is 14.7. The fraction of sp³-hybridized carbons (Fsp3) is 0.300. The van der Waals surface area contributed by atoms with E-state index in [1.54, 1.807) is 46.5 Å². The number of hydrogen-bond donors (Lipinski definition) is 0. The molecule has 0 spiro atoms. The third kappa shape index (κ3) is 3.25. The van der Waals surface area contributed by atoms with E-state index in [2.05, 4.69) is 15.0 Å². The second-order valence-electron chi connectivity index (χ2n) is 7.05. The molecular weight excluding hydrogens is 396 g/mol. The summed E-state index contributed by atoms with van der Waals surface area (Å²) in [5.41, 5.74) is 1.72. The molecular formula is C20H17F2N5OS. The molecule has 1 saturated heterocycles. The summed E-state index contributed by atoms with van der Waals surface area (Å²) in [7, 11) is 0. The van der Waals surface area contributed by atoms with Gasteiger partial charge in [-0.3, -0.25) is 9.78 Å². The SMILES string of the molecule is O=C1c2sc(-c3ccc(N4CC[C@H](F)C4)nc3F)nc2CCN1c1ccncc1. The van der Waals surface area contributed by atoms with Gasteiger partial charge in [0.25, 0.3) is 5.91 Å². The molecule has 1 fully saturated rings. The molecule has 0 N–H and O–H groups in total. The zero-order valence-electron chi connectivity index (χ0n) is 15.4. The van der Waals surface area contributed by atoms with Crippen LogP contribution in [-0.2, 0) is 6.42 Å². The molecule has 3 aromatic rings. The Morgan fingerprint density at radius 1 is 1.10 bits per heavy atom. The molecule has 1 atom stereocenters. The first-order valence-corrected chi connectivity index (χ1v) is 10.2. The second kappa shape index (κ2) is 7.14. The van der Waals surface area contributed by atoms with Crippen LogP contribution in [0.25, 0.3) is 10.6 Å². The minimum atomic E-state index is -0.903. The molecule has 29 heavy (non-hydrogen) atoms. The van der Waals surface area contributed by atoms with Crippen LogP contribution in [0.5, 0.6) is 0 Å². The van der Waals surface area contributed by atoms with Gasteiger partial charge in [0.2, 0.25) is 5.95 Å². The largest absolute Gasteiger partial charge is 0.353 e. The van der Waals surface area contributed by atoms with E-state index >= 15 is 0 Å². The summed E-state index contributed by atoms with van der Waals surface area (Å²) < 4.78 is 28.1. The lowest BCUT2D eigenvalue weighted by Crippen LogP contribution is -2.36. The number of thiazole rings is 1. The zero-order valence-corrected chi connectivity index (χ0v) is 16.2. The molecule has 0 bridgehead atoms. The van der Waals surface area contributed by atoms with Crippen LogP contribution >= 0.6 is 11.3 Å². The van der Waals surface area contributed by atoms with Crippen molar-refractivity contribution >= 4 is 28.7 Å². The van der Waals surface area contributed by atoms with E-state index in [1.165, 1.54) is 11.3 Å². The van der Waals surface area contributed by atoms with Crippen molar-refractivity contribution in [1.82, 2.24) is 15.0 Å². The number of aromatic nitrogens is 3. The molecule has 148 valence electrons. The lowest BCUT2D eigenvalue weighted by Gasteiger charge is -2.25. The van der Waals surface area contributed by atoms with Gasteiger partial charge < -0.3 is 9.80 Å². The first-order valence-electron chi connectivity index (χ1n) is 9.37. The Bertz CT molecular complexity index is 1070.